The Kier molecular flexibility index (Phi) is 8.82. The van der Waals surface area contributed by atoms with Crippen molar-refractivity contribution in [3.8, 4) is 17.9 Å². The van der Waals surface area contributed by atoms with Gasteiger partial charge in [-0.25, -0.2) is 4.79 Å². The van der Waals surface area contributed by atoms with E-state index in [1.165, 1.54) is 13.2 Å². The number of thiophene rings is 1. The fourth-order valence-corrected chi connectivity index (χ4v) is 5.97. The van der Waals surface area contributed by atoms with E-state index in [9.17, 15) is 20.1 Å². The van der Waals surface area contributed by atoms with E-state index in [-0.39, 0.29) is 24.2 Å². The summed E-state index contributed by atoms with van der Waals surface area (Å²) in [5.41, 5.74) is 1.32. The molecule has 0 saturated carbocycles. The number of carbonyl (C=O) groups excluding carboxylic acids is 2. The van der Waals surface area contributed by atoms with Crippen molar-refractivity contribution >= 4 is 74.3 Å². The maximum atomic E-state index is 12.8. The number of Topliss-reactive ketones (excluding diaryl/α,β-unsaturated/α-hetero) is 1. The van der Waals surface area contributed by atoms with Crippen LogP contribution in [0.5, 0.6) is 5.75 Å². The number of nitrogens with zero attached hydrogens (tertiary/aromatic N) is 2. The van der Waals surface area contributed by atoms with Crippen molar-refractivity contribution in [2.24, 2.45) is 0 Å². The van der Waals surface area contributed by atoms with Crippen LogP contribution < -0.4 is 4.74 Å². The number of methoxy groups -OCH3 is 1. The van der Waals surface area contributed by atoms with E-state index in [2.05, 4.69) is 51.3 Å². The molecule has 0 spiro atoms. The zero-order valence-electron chi connectivity index (χ0n) is 16.3. The SMILES string of the molecule is CCOC(=O)c1sc(CC(=O)/C(C#N)=C/c2cc(I)cc(I)c2OC)c(C#N)c1C. The van der Waals surface area contributed by atoms with Gasteiger partial charge in [0.2, 0.25) is 0 Å². The second-order valence-electron chi connectivity index (χ2n) is 5.97. The minimum absolute atomic E-state index is 0.0567. The van der Waals surface area contributed by atoms with E-state index in [4.69, 9.17) is 9.47 Å². The smallest absolute Gasteiger partial charge is 0.348 e. The molecular weight excluding hydrogens is 630 g/mol. The molecule has 0 aliphatic heterocycles. The topological polar surface area (TPSA) is 100 Å². The summed E-state index contributed by atoms with van der Waals surface area (Å²) in [7, 11) is 1.53. The van der Waals surface area contributed by atoms with Crippen LogP contribution in [0.3, 0.4) is 0 Å². The lowest BCUT2D eigenvalue weighted by Gasteiger charge is -2.09. The van der Waals surface area contributed by atoms with Gasteiger partial charge in [0.15, 0.2) is 5.78 Å². The van der Waals surface area contributed by atoms with Crippen LogP contribution in [0.15, 0.2) is 17.7 Å². The quantitative estimate of drug-likeness (QED) is 0.181. The van der Waals surface area contributed by atoms with E-state index >= 15 is 0 Å². The second kappa shape index (κ2) is 10.9. The Morgan fingerprint density at radius 2 is 1.97 bits per heavy atom. The van der Waals surface area contributed by atoms with Gasteiger partial charge in [-0.05, 0) is 82.8 Å². The summed E-state index contributed by atoms with van der Waals surface area (Å²) in [6, 6.07) is 7.74. The molecule has 0 unspecified atom stereocenters. The molecule has 0 amide bonds. The molecule has 9 heteroatoms. The number of carbonyl (C=O) groups is 2. The van der Waals surface area contributed by atoms with Crippen molar-refractivity contribution in [2.75, 3.05) is 13.7 Å². The van der Waals surface area contributed by atoms with Gasteiger partial charge < -0.3 is 9.47 Å². The number of esters is 1. The molecule has 0 atom stereocenters. The van der Waals surface area contributed by atoms with Crippen LogP contribution >= 0.6 is 56.5 Å². The van der Waals surface area contributed by atoms with Gasteiger partial charge in [-0.1, -0.05) is 0 Å². The number of ether oxygens (including phenoxy) is 2. The Labute approximate surface area is 205 Å². The third-order valence-corrected chi connectivity index (χ3v) is 6.77. The summed E-state index contributed by atoms with van der Waals surface area (Å²) in [6.45, 7) is 3.56. The van der Waals surface area contributed by atoms with Crippen molar-refractivity contribution in [2.45, 2.75) is 20.3 Å². The molecule has 2 aromatic rings. The number of nitriles is 2. The predicted molar refractivity (Wildman–Crippen MR) is 130 cm³/mol. The number of allylic oxidation sites excluding steroid dienone is 1. The lowest BCUT2D eigenvalue weighted by atomic mass is 10.0. The van der Waals surface area contributed by atoms with Gasteiger partial charge in [0, 0.05) is 20.4 Å². The summed E-state index contributed by atoms with van der Waals surface area (Å²) in [5.74, 6) is -0.392. The van der Waals surface area contributed by atoms with Crippen LogP contribution in [0, 0.1) is 36.7 Å². The van der Waals surface area contributed by atoms with Crippen molar-refractivity contribution < 1.29 is 19.1 Å². The Morgan fingerprint density at radius 3 is 2.53 bits per heavy atom. The Bertz CT molecular complexity index is 1120. The van der Waals surface area contributed by atoms with Crippen molar-refractivity contribution in [1.82, 2.24) is 0 Å². The molecule has 0 bridgehead atoms. The van der Waals surface area contributed by atoms with Gasteiger partial charge in [-0.3, -0.25) is 4.79 Å². The van der Waals surface area contributed by atoms with Crippen molar-refractivity contribution in [3.05, 3.63) is 51.3 Å². The van der Waals surface area contributed by atoms with Crippen LogP contribution in [-0.4, -0.2) is 25.5 Å². The minimum Gasteiger partial charge on any atom is -0.495 e. The highest BCUT2D eigenvalue weighted by Crippen LogP contribution is 2.32. The molecule has 0 N–H and O–H groups in total. The third kappa shape index (κ3) is 5.39. The van der Waals surface area contributed by atoms with E-state index in [0.29, 0.717) is 26.6 Å². The first kappa shape index (κ1) is 24.3. The highest BCUT2D eigenvalue weighted by molar-refractivity contribution is 14.1. The molecule has 6 nitrogen and oxygen atoms in total. The summed E-state index contributed by atoms with van der Waals surface area (Å²) < 4.78 is 12.2. The van der Waals surface area contributed by atoms with Crippen LogP contribution in [0.4, 0.5) is 0 Å². The summed E-state index contributed by atoms with van der Waals surface area (Å²) in [5, 5.41) is 19.1. The van der Waals surface area contributed by atoms with E-state index < -0.39 is 11.8 Å². The van der Waals surface area contributed by atoms with E-state index in [0.717, 1.165) is 18.5 Å². The monoisotopic (exact) mass is 646 g/mol. The van der Waals surface area contributed by atoms with Gasteiger partial charge in [-0.2, -0.15) is 10.5 Å². The Balaban J connectivity index is 2.43. The predicted octanol–water partition coefficient (Wildman–Crippen LogP) is 5.04. The molecule has 0 aliphatic rings. The lowest BCUT2D eigenvalue weighted by Crippen LogP contribution is -2.05. The highest BCUT2D eigenvalue weighted by atomic mass is 127. The van der Waals surface area contributed by atoms with E-state index in [1.54, 1.807) is 13.8 Å². The molecule has 154 valence electrons. The summed E-state index contributed by atoms with van der Waals surface area (Å²) in [6.07, 6.45) is 1.33. The molecule has 1 aromatic carbocycles. The zero-order valence-corrected chi connectivity index (χ0v) is 21.5. The van der Waals surface area contributed by atoms with Crippen LogP contribution in [0.1, 0.15) is 38.2 Å². The lowest BCUT2D eigenvalue weighted by molar-refractivity contribution is -0.114. The minimum atomic E-state index is -0.524. The number of halogens is 2. The zero-order chi connectivity index (χ0) is 22.4. The molecule has 1 heterocycles. The first-order chi connectivity index (χ1) is 14.3. The molecule has 2 rings (SSSR count). The molecule has 0 fully saturated rings. The molecule has 0 radical (unpaired) electrons. The first-order valence-electron chi connectivity index (χ1n) is 8.64. The normalized spacial score (nSPS) is 10.8. The number of hydrogen-bond acceptors (Lipinski definition) is 7. The average molecular weight is 646 g/mol. The van der Waals surface area contributed by atoms with Gasteiger partial charge in [-0.15, -0.1) is 11.3 Å². The molecular formula is C21H16I2N2O4S. The number of hydrogen-bond donors (Lipinski definition) is 0. The van der Waals surface area contributed by atoms with Gasteiger partial charge in [0.1, 0.15) is 22.8 Å². The van der Waals surface area contributed by atoms with Crippen molar-refractivity contribution in [1.29, 1.82) is 10.5 Å². The van der Waals surface area contributed by atoms with E-state index in [1.807, 2.05) is 18.2 Å². The van der Waals surface area contributed by atoms with Crippen molar-refractivity contribution in [3.63, 3.8) is 0 Å². The fourth-order valence-electron chi connectivity index (χ4n) is 2.71. The molecule has 30 heavy (non-hydrogen) atoms. The van der Waals surface area contributed by atoms with Gasteiger partial charge >= 0.3 is 5.97 Å². The molecule has 0 saturated heterocycles. The van der Waals surface area contributed by atoms with Crippen LogP contribution in [0.25, 0.3) is 6.08 Å². The maximum Gasteiger partial charge on any atom is 0.348 e. The molecule has 1 aromatic heterocycles. The number of rotatable bonds is 7. The summed E-state index contributed by atoms with van der Waals surface area (Å²) in [4.78, 5) is 25.7. The molecule has 0 aliphatic carbocycles. The van der Waals surface area contributed by atoms with Crippen LogP contribution in [0.2, 0.25) is 0 Å². The highest BCUT2D eigenvalue weighted by Gasteiger charge is 2.23. The number of ketones is 1. The fraction of sp³-hybridized carbons (Fsp3) is 0.238. The van der Waals surface area contributed by atoms with Crippen LogP contribution in [-0.2, 0) is 16.0 Å². The van der Waals surface area contributed by atoms with Gasteiger partial charge in [0.05, 0.1) is 28.4 Å². The van der Waals surface area contributed by atoms with Gasteiger partial charge in [0.25, 0.3) is 0 Å². The number of benzene rings is 1. The standard InChI is InChI=1S/C21H16I2N2O4S/c1-4-29-21(27)20-11(2)15(10-25)18(30-20)8-17(26)13(9-24)5-12-6-14(22)7-16(23)19(12)28-3/h5-7H,4,8H2,1-3H3/b13-5+. The maximum absolute atomic E-state index is 12.8. The Hall–Kier alpha value is -1.96. The largest absolute Gasteiger partial charge is 0.495 e. The first-order valence-corrected chi connectivity index (χ1v) is 11.6. The third-order valence-electron chi connectivity index (χ3n) is 4.08. The Morgan fingerprint density at radius 1 is 1.27 bits per heavy atom. The summed E-state index contributed by atoms with van der Waals surface area (Å²) >= 11 is 5.33. The average Bonchev–Trinajstić information content (AvgIpc) is 3.00. The second-order valence-corrected chi connectivity index (χ2v) is 9.48.